The molecular formula is C24H17BrN2O3. The van der Waals surface area contributed by atoms with Crippen molar-refractivity contribution in [3.8, 4) is 0 Å². The molecule has 0 radical (unpaired) electrons. The van der Waals surface area contributed by atoms with Crippen LogP contribution >= 0.6 is 15.9 Å². The third-order valence-corrected chi connectivity index (χ3v) is 5.87. The Bertz CT molecular complexity index is 1380. The molecule has 4 aromatic rings. The minimum absolute atomic E-state index is 0.0729. The van der Waals surface area contributed by atoms with E-state index in [4.69, 9.17) is 4.42 Å². The molecule has 0 unspecified atom stereocenters. The first-order chi connectivity index (χ1) is 14.4. The van der Waals surface area contributed by atoms with Crippen molar-refractivity contribution in [2.45, 2.75) is 19.9 Å². The lowest BCUT2D eigenvalue weighted by atomic mass is 9.97. The SMILES string of the molecule is Cc1ccc([C@@H]2c3c(oc4ccc(Br)cc4c3=O)C(=O)N2c2cc(C)ccn2)cc1. The minimum atomic E-state index is -0.609. The number of rotatable bonds is 2. The molecule has 1 atom stereocenters. The van der Waals surface area contributed by atoms with Crippen LogP contribution in [0.25, 0.3) is 11.0 Å². The van der Waals surface area contributed by atoms with E-state index >= 15 is 0 Å². The zero-order chi connectivity index (χ0) is 21.0. The Hall–Kier alpha value is -3.25. The summed E-state index contributed by atoms with van der Waals surface area (Å²) in [4.78, 5) is 33.0. The van der Waals surface area contributed by atoms with Crippen molar-refractivity contribution >= 4 is 38.6 Å². The third kappa shape index (κ3) is 2.87. The second-order valence-electron chi connectivity index (χ2n) is 7.49. The Morgan fingerprint density at radius 3 is 2.47 bits per heavy atom. The fraction of sp³-hybridized carbons (Fsp3) is 0.125. The van der Waals surface area contributed by atoms with E-state index in [0.717, 1.165) is 21.2 Å². The van der Waals surface area contributed by atoms with E-state index < -0.39 is 6.04 Å². The number of halogens is 1. The highest BCUT2D eigenvalue weighted by molar-refractivity contribution is 9.10. The van der Waals surface area contributed by atoms with E-state index in [0.29, 0.717) is 22.4 Å². The summed E-state index contributed by atoms with van der Waals surface area (Å²) in [7, 11) is 0. The molecule has 148 valence electrons. The van der Waals surface area contributed by atoms with Gasteiger partial charge in [0, 0.05) is 10.7 Å². The second kappa shape index (κ2) is 6.92. The second-order valence-corrected chi connectivity index (χ2v) is 8.41. The maximum absolute atomic E-state index is 13.5. The molecule has 0 bridgehead atoms. The van der Waals surface area contributed by atoms with Crippen LogP contribution in [0.3, 0.4) is 0 Å². The van der Waals surface area contributed by atoms with Gasteiger partial charge in [-0.2, -0.15) is 0 Å². The van der Waals surface area contributed by atoms with Crippen LogP contribution in [0.1, 0.15) is 38.9 Å². The normalized spacial score (nSPS) is 15.6. The van der Waals surface area contributed by atoms with E-state index in [9.17, 15) is 9.59 Å². The maximum atomic E-state index is 13.5. The summed E-state index contributed by atoms with van der Waals surface area (Å²) in [6, 6.07) is 16.1. The van der Waals surface area contributed by atoms with Crippen LogP contribution in [0.15, 0.2) is 74.5 Å². The molecule has 2 aromatic heterocycles. The summed E-state index contributed by atoms with van der Waals surface area (Å²) in [5.41, 5.74) is 3.42. The molecule has 0 fully saturated rings. The molecule has 1 aliphatic rings. The number of pyridine rings is 1. The van der Waals surface area contributed by atoms with Gasteiger partial charge in [-0.3, -0.25) is 14.5 Å². The molecule has 1 amide bonds. The van der Waals surface area contributed by atoms with Gasteiger partial charge in [0.15, 0.2) is 5.43 Å². The van der Waals surface area contributed by atoms with E-state index in [1.807, 2.05) is 50.2 Å². The number of carbonyl (C=O) groups excluding carboxylic acids is 1. The highest BCUT2D eigenvalue weighted by Gasteiger charge is 2.44. The molecular weight excluding hydrogens is 444 g/mol. The average Bonchev–Trinajstić information content (AvgIpc) is 3.02. The van der Waals surface area contributed by atoms with Crippen molar-refractivity contribution in [1.29, 1.82) is 0 Å². The fourth-order valence-corrected chi connectivity index (χ4v) is 4.26. The maximum Gasteiger partial charge on any atom is 0.296 e. The number of benzene rings is 2. The fourth-order valence-electron chi connectivity index (χ4n) is 3.90. The number of aryl methyl sites for hydroxylation is 2. The van der Waals surface area contributed by atoms with Crippen LogP contribution in [0.4, 0.5) is 5.82 Å². The monoisotopic (exact) mass is 460 g/mol. The molecule has 1 aliphatic heterocycles. The topological polar surface area (TPSA) is 63.4 Å². The Morgan fingerprint density at radius 1 is 0.967 bits per heavy atom. The summed E-state index contributed by atoms with van der Waals surface area (Å²) in [6.07, 6.45) is 1.66. The molecule has 5 rings (SSSR count). The van der Waals surface area contributed by atoms with Crippen molar-refractivity contribution in [2.24, 2.45) is 0 Å². The van der Waals surface area contributed by atoms with Gasteiger partial charge < -0.3 is 4.42 Å². The molecule has 2 aromatic carbocycles. The van der Waals surface area contributed by atoms with Crippen molar-refractivity contribution in [3.63, 3.8) is 0 Å². The van der Waals surface area contributed by atoms with Gasteiger partial charge in [0.2, 0.25) is 5.76 Å². The number of aromatic nitrogens is 1. The van der Waals surface area contributed by atoms with E-state index in [-0.39, 0.29) is 17.1 Å². The molecule has 0 N–H and O–H groups in total. The average molecular weight is 461 g/mol. The van der Waals surface area contributed by atoms with Gasteiger partial charge in [0.25, 0.3) is 5.91 Å². The van der Waals surface area contributed by atoms with Crippen molar-refractivity contribution in [2.75, 3.05) is 4.90 Å². The Balaban J connectivity index is 1.83. The molecule has 0 saturated heterocycles. The van der Waals surface area contributed by atoms with Gasteiger partial charge >= 0.3 is 0 Å². The summed E-state index contributed by atoms with van der Waals surface area (Å²) in [6.45, 7) is 3.94. The quantitative estimate of drug-likeness (QED) is 0.406. The van der Waals surface area contributed by atoms with Crippen LogP contribution in [-0.2, 0) is 0 Å². The number of amides is 1. The third-order valence-electron chi connectivity index (χ3n) is 5.37. The number of anilines is 1. The smallest absolute Gasteiger partial charge is 0.296 e. The van der Waals surface area contributed by atoms with Crippen molar-refractivity contribution < 1.29 is 9.21 Å². The molecule has 6 heteroatoms. The van der Waals surface area contributed by atoms with Crippen LogP contribution in [0.2, 0.25) is 0 Å². The van der Waals surface area contributed by atoms with Crippen LogP contribution in [0.5, 0.6) is 0 Å². The standard InChI is InChI=1S/C24H17BrN2O3/c1-13-3-5-15(6-4-13)21-20-22(28)17-12-16(25)7-8-18(17)30-23(20)24(29)27(21)19-11-14(2)9-10-26-19/h3-12,21H,1-2H3/t21-/m1/s1. The zero-order valence-corrected chi connectivity index (χ0v) is 17.9. The van der Waals surface area contributed by atoms with Crippen molar-refractivity contribution in [3.05, 3.63) is 104 Å². The predicted octanol–water partition coefficient (Wildman–Crippen LogP) is 5.32. The highest BCUT2D eigenvalue weighted by atomic mass is 79.9. The summed E-state index contributed by atoms with van der Waals surface area (Å²) in [5.74, 6) is 0.195. The van der Waals surface area contributed by atoms with Gasteiger partial charge in [0.05, 0.1) is 17.0 Å². The number of fused-ring (bicyclic) bond motifs is 2. The molecule has 30 heavy (non-hydrogen) atoms. The Labute approximate surface area is 181 Å². The molecule has 0 saturated carbocycles. The number of hydrogen-bond donors (Lipinski definition) is 0. The zero-order valence-electron chi connectivity index (χ0n) is 16.3. The molecule has 3 heterocycles. The summed E-state index contributed by atoms with van der Waals surface area (Å²) in [5, 5.41) is 0.437. The highest BCUT2D eigenvalue weighted by Crippen LogP contribution is 2.40. The lowest BCUT2D eigenvalue weighted by molar-refractivity contribution is 0.0970. The van der Waals surface area contributed by atoms with Crippen LogP contribution < -0.4 is 10.3 Å². The van der Waals surface area contributed by atoms with Crippen LogP contribution in [0, 0.1) is 13.8 Å². The Morgan fingerprint density at radius 2 is 1.73 bits per heavy atom. The first kappa shape index (κ1) is 18.8. The number of nitrogens with zero attached hydrogens (tertiary/aromatic N) is 2. The first-order valence-electron chi connectivity index (χ1n) is 9.53. The predicted molar refractivity (Wildman–Crippen MR) is 119 cm³/mol. The van der Waals surface area contributed by atoms with Gasteiger partial charge in [-0.15, -0.1) is 0 Å². The van der Waals surface area contributed by atoms with Crippen LogP contribution in [-0.4, -0.2) is 10.9 Å². The minimum Gasteiger partial charge on any atom is -0.450 e. The molecule has 5 nitrogen and oxygen atoms in total. The molecule has 0 spiro atoms. The number of carbonyl (C=O) groups is 1. The summed E-state index contributed by atoms with van der Waals surface area (Å²) < 4.78 is 6.74. The van der Waals surface area contributed by atoms with Gasteiger partial charge in [-0.1, -0.05) is 45.8 Å². The van der Waals surface area contributed by atoms with E-state index in [2.05, 4.69) is 20.9 Å². The van der Waals surface area contributed by atoms with Gasteiger partial charge in [-0.05, 0) is 55.3 Å². The van der Waals surface area contributed by atoms with Crippen molar-refractivity contribution in [1.82, 2.24) is 4.98 Å². The summed E-state index contributed by atoms with van der Waals surface area (Å²) >= 11 is 3.42. The first-order valence-corrected chi connectivity index (χ1v) is 10.3. The molecule has 0 aliphatic carbocycles. The number of hydrogen-bond acceptors (Lipinski definition) is 4. The lowest BCUT2D eigenvalue weighted by Crippen LogP contribution is -2.30. The largest absolute Gasteiger partial charge is 0.450 e. The van der Waals surface area contributed by atoms with Gasteiger partial charge in [0.1, 0.15) is 11.4 Å². The van der Waals surface area contributed by atoms with E-state index in [1.165, 1.54) is 0 Å². The Kier molecular flexibility index (Phi) is 4.33. The van der Waals surface area contributed by atoms with Gasteiger partial charge in [-0.25, -0.2) is 4.98 Å². The van der Waals surface area contributed by atoms with E-state index in [1.54, 1.807) is 29.3 Å². The lowest BCUT2D eigenvalue weighted by Gasteiger charge is -2.24.